The number of aryl methyl sites for hydroxylation is 2. The third-order valence-corrected chi connectivity index (χ3v) is 3.79. The Bertz CT molecular complexity index is 616. The Kier molecular flexibility index (Phi) is 2.93. The standard InChI is InChI=1S/C15H19N3O/c1-10-9-11(6-7-12(10)19-2)14-15(16)18-8-4-3-5-13(18)17-14/h6-7,9H,3-5,8,16H2,1-2H3. The minimum atomic E-state index is 0.791. The largest absolute Gasteiger partial charge is 0.496 e. The fraction of sp³-hybridized carbons (Fsp3) is 0.400. The van der Waals surface area contributed by atoms with E-state index >= 15 is 0 Å². The van der Waals surface area contributed by atoms with Crippen molar-refractivity contribution in [1.82, 2.24) is 9.55 Å². The molecular weight excluding hydrogens is 238 g/mol. The van der Waals surface area contributed by atoms with Crippen molar-refractivity contribution in [2.24, 2.45) is 0 Å². The summed E-state index contributed by atoms with van der Waals surface area (Å²) in [5, 5.41) is 0. The number of benzene rings is 1. The van der Waals surface area contributed by atoms with Crippen LogP contribution in [0.25, 0.3) is 11.3 Å². The van der Waals surface area contributed by atoms with Crippen molar-refractivity contribution in [3.63, 3.8) is 0 Å². The Morgan fingerprint density at radius 2 is 2.16 bits per heavy atom. The number of fused-ring (bicyclic) bond motifs is 1. The number of imidazole rings is 1. The van der Waals surface area contributed by atoms with Crippen molar-refractivity contribution in [1.29, 1.82) is 0 Å². The van der Waals surface area contributed by atoms with E-state index in [4.69, 9.17) is 15.5 Å². The normalized spacial score (nSPS) is 14.2. The quantitative estimate of drug-likeness (QED) is 0.900. The average molecular weight is 257 g/mol. The lowest BCUT2D eigenvalue weighted by atomic mass is 10.1. The van der Waals surface area contributed by atoms with Gasteiger partial charge in [0.25, 0.3) is 0 Å². The molecule has 19 heavy (non-hydrogen) atoms. The van der Waals surface area contributed by atoms with Crippen molar-refractivity contribution in [3.05, 3.63) is 29.6 Å². The highest BCUT2D eigenvalue weighted by molar-refractivity contribution is 5.72. The maximum absolute atomic E-state index is 6.25. The van der Waals surface area contributed by atoms with Gasteiger partial charge in [-0.1, -0.05) is 0 Å². The summed E-state index contributed by atoms with van der Waals surface area (Å²) in [6.07, 6.45) is 3.42. The molecule has 1 aliphatic rings. The molecule has 0 spiro atoms. The molecule has 0 saturated carbocycles. The van der Waals surface area contributed by atoms with Crippen LogP contribution >= 0.6 is 0 Å². The first-order chi connectivity index (χ1) is 9.20. The molecule has 1 aliphatic heterocycles. The minimum absolute atomic E-state index is 0.791. The first-order valence-electron chi connectivity index (χ1n) is 6.70. The molecule has 2 heterocycles. The maximum Gasteiger partial charge on any atom is 0.131 e. The van der Waals surface area contributed by atoms with Crippen LogP contribution in [0, 0.1) is 6.92 Å². The highest BCUT2D eigenvalue weighted by atomic mass is 16.5. The van der Waals surface area contributed by atoms with E-state index in [9.17, 15) is 0 Å². The number of nitrogen functional groups attached to an aromatic ring is 1. The Morgan fingerprint density at radius 1 is 1.32 bits per heavy atom. The molecule has 3 rings (SSSR count). The summed E-state index contributed by atoms with van der Waals surface area (Å²) in [4.78, 5) is 4.71. The Morgan fingerprint density at radius 3 is 2.84 bits per heavy atom. The second kappa shape index (κ2) is 4.61. The summed E-state index contributed by atoms with van der Waals surface area (Å²) in [7, 11) is 1.69. The molecule has 0 amide bonds. The number of hydrogen-bond donors (Lipinski definition) is 1. The summed E-state index contributed by atoms with van der Waals surface area (Å²) in [6, 6.07) is 6.09. The van der Waals surface area contributed by atoms with Crippen molar-refractivity contribution in [2.75, 3.05) is 12.8 Å². The van der Waals surface area contributed by atoms with E-state index in [0.717, 1.165) is 47.2 Å². The lowest BCUT2D eigenvalue weighted by Gasteiger charge is -2.14. The summed E-state index contributed by atoms with van der Waals surface area (Å²) in [5.41, 5.74) is 9.32. The van der Waals surface area contributed by atoms with E-state index in [1.54, 1.807) is 7.11 Å². The smallest absolute Gasteiger partial charge is 0.131 e. The Hall–Kier alpha value is -1.97. The predicted octanol–water partition coefficient (Wildman–Crippen LogP) is 2.79. The molecule has 0 fully saturated rings. The number of methoxy groups -OCH3 is 1. The molecule has 4 heteroatoms. The number of aromatic nitrogens is 2. The van der Waals surface area contributed by atoms with E-state index < -0.39 is 0 Å². The monoisotopic (exact) mass is 257 g/mol. The molecule has 100 valence electrons. The highest BCUT2D eigenvalue weighted by Gasteiger charge is 2.18. The predicted molar refractivity (Wildman–Crippen MR) is 76.3 cm³/mol. The van der Waals surface area contributed by atoms with Crippen LogP contribution in [0.3, 0.4) is 0 Å². The molecule has 1 aromatic heterocycles. The molecule has 0 bridgehead atoms. The lowest BCUT2D eigenvalue weighted by Crippen LogP contribution is -2.12. The van der Waals surface area contributed by atoms with Crippen LogP contribution in [0.5, 0.6) is 5.75 Å². The molecule has 0 atom stereocenters. The van der Waals surface area contributed by atoms with Gasteiger partial charge >= 0.3 is 0 Å². The van der Waals surface area contributed by atoms with Gasteiger partial charge in [0.05, 0.1) is 7.11 Å². The van der Waals surface area contributed by atoms with Crippen LogP contribution in [-0.2, 0) is 13.0 Å². The van der Waals surface area contributed by atoms with E-state index in [-0.39, 0.29) is 0 Å². The van der Waals surface area contributed by atoms with E-state index in [0.29, 0.717) is 0 Å². The van der Waals surface area contributed by atoms with Gasteiger partial charge in [0.1, 0.15) is 23.1 Å². The molecular formula is C15H19N3O. The second-order valence-corrected chi connectivity index (χ2v) is 5.06. The average Bonchev–Trinajstić information content (AvgIpc) is 2.77. The summed E-state index contributed by atoms with van der Waals surface area (Å²) in [6.45, 7) is 3.03. The zero-order valence-electron chi connectivity index (χ0n) is 11.4. The number of nitrogens with zero attached hydrogens (tertiary/aromatic N) is 2. The fourth-order valence-corrected chi connectivity index (χ4v) is 2.75. The maximum atomic E-state index is 6.25. The van der Waals surface area contributed by atoms with Crippen molar-refractivity contribution >= 4 is 5.82 Å². The van der Waals surface area contributed by atoms with Crippen molar-refractivity contribution in [2.45, 2.75) is 32.7 Å². The molecule has 0 saturated heterocycles. The SMILES string of the molecule is COc1ccc(-c2nc3n(c2N)CCCC3)cc1C. The topological polar surface area (TPSA) is 53.1 Å². The zero-order chi connectivity index (χ0) is 13.4. The number of rotatable bonds is 2. The molecule has 0 aliphatic carbocycles. The Labute approximate surface area is 113 Å². The first-order valence-corrected chi connectivity index (χ1v) is 6.70. The summed E-state index contributed by atoms with van der Waals surface area (Å²) in [5.74, 6) is 2.80. The molecule has 0 radical (unpaired) electrons. The van der Waals surface area contributed by atoms with E-state index in [1.807, 2.05) is 19.1 Å². The second-order valence-electron chi connectivity index (χ2n) is 5.06. The molecule has 2 aromatic rings. The molecule has 0 unspecified atom stereocenters. The number of ether oxygens (including phenoxy) is 1. The Balaban J connectivity index is 2.07. The van der Waals surface area contributed by atoms with Crippen molar-refractivity contribution < 1.29 is 4.74 Å². The number of nitrogens with two attached hydrogens (primary N) is 1. The van der Waals surface area contributed by atoms with Crippen LogP contribution in [0.1, 0.15) is 24.2 Å². The van der Waals surface area contributed by atoms with Crippen molar-refractivity contribution in [3.8, 4) is 17.0 Å². The lowest BCUT2D eigenvalue weighted by molar-refractivity contribution is 0.412. The van der Waals surface area contributed by atoms with Crippen LogP contribution < -0.4 is 10.5 Å². The van der Waals surface area contributed by atoms with Gasteiger partial charge in [-0.25, -0.2) is 4.98 Å². The zero-order valence-corrected chi connectivity index (χ0v) is 11.4. The van der Waals surface area contributed by atoms with Crippen LogP contribution in [0.2, 0.25) is 0 Å². The van der Waals surface area contributed by atoms with Gasteiger partial charge < -0.3 is 15.0 Å². The third-order valence-electron chi connectivity index (χ3n) is 3.79. The molecule has 2 N–H and O–H groups in total. The minimum Gasteiger partial charge on any atom is -0.496 e. The van der Waals surface area contributed by atoms with Gasteiger partial charge in [-0.05, 0) is 43.5 Å². The van der Waals surface area contributed by atoms with Crippen LogP contribution in [0.15, 0.2) is 18.2 Å². The van der Waals surface area contributed by atoms with Crippen LogP contribution in [-0.4, -0.2) is 16.7 Å². The number of hydrogen-bond acceptors (Lipinski definition) is 3. The van der Waals surface area contributed by atoms with Gasteiger partial charge in [0, 0.05) is 18.5 Å². The van der Waals surface area contributed by atoms with Gasteiger partial charge in [-0.2, -0.15) is 0 Å². The third kappa shape index (κ3) is 1.97. The van der Waals surface area contributed by atoms with E-state index in [2.05, 4.69) is 10.6 Å². The van der Waals surface area contributed by atoms with Gasteiger partial charge in [-0.15, -0.1) is 0 Å². The van der Waals surface area contributed by atoms with Gasteiger partial charge in [-0.3, -0.25) is 0 Å². The summed E-state index contributed by atoms with van der Waals surface area (Å²) < 4.78 is 7.44. The number of anilines is 1. The summed E-state index contributed by atoms with van der Waals surface area (Å²) >= 11 is 0. The highest BCUT2D eigenvalue weighted by Crippen LogP contribution is 2.31. The van der Waals surface area contributed by atoms with Gasteiger partial charge in [0.15, 0.2) is 0 Å². The first kappa shape index (κ1) is 12.1. The molecule has 1 aromatic carbocycles. The van der Waals surface area contributed by atoms with Gasteiger partial charge in [0.2, 0.25) is 0 Å². The fourth-order valence-electron chi connectivity index (χ4n) is 2.75. The van der Waals surface area contributed by atoms with Crippen LogP contribution in [0.4, 0.5) is 5.82 Å². The molecule has 4 nitrogen and oxygen atoms in total. The van der Waals surface area contributed by atoms with E-state index in [1.165, 1.54) is 12.8 Å².